The Balaban J connectivity index is 1.45. The van der Waals surface area contributed by atoms with E-state index in [1.807, 2.05) is 35.3 Å². The molecule has 2 aromatic carbocycles. The molecule has 184 valence electrons. The second-order valence-corrected chi connectivity index (χ2v) is 12.1. The maximum Gasteiger partial charge on any atom is 0.264 e. The van der Waals surface area contributed by atoms with Crippen LogP contribution in [0.25, 0.3) is 15.9 Å². The number of nitrogens with zero attached hydrogens (tertiary/aromatic N) is 7. The molecular weight excluding hydrogens is 494 g/mol. The average Bonchev–Trinajstić information content (AvgIpc) is 3.66. The maximum absolute atomic E-state index is 13.4. The molecule has 0 spiro atoms. The summed E-state index contributed by atoms with van der Waals surface area (Å²) < 4.78 is 30.4. The van der Waals surface area contributed by atoms with Gasteiger partial charge in [0.2, 0.25) is 5.03 Å². The zero-order valence-electron chi connectivity index (χ0n) is 19.9. The highest BCUT2D eigenvalue weighted by Crippen LogP contribution is 2.42. The van der Waals surface area contributed by atoms with Crippen LogP contribution in [-0.2, 0) is 28.9 Å². The third-order valence-corrected chi connectivity index (χ3v) is 9.45. The van der Waals surface area contributed by atoms with Gasteiger partial charge in [0.25, 0.3) is 10.0 Å². The van der Waals surface area contributed by atoms with E-state index in [4.69, 9.17) is 0 Å². The number of benzene rings is 2. The Morgan fingerprint density at radius 3 is 2.64 bits per heavy atom. The predicted octanol–water partition coefficient (Wildman–Crippen LogP) is 3.49. The Morgan fingerprint density at radius 1 is 1.08 bits per heavy atom. The molecule has 11 heteroatoms. The van der Waals surface area contributed by atoms with Crippen molar-refractivity contribution in [3.63, 3.8) is 0 Å². The molecule has 1 aliphatic heterocycles. The van der Waals surface area contributed by atoms with Crippen molar-refractivity contribution >= 4 is 32.3 Å². The standard InChI is InChI=1S/C25H25N7O2S2/c1-18-10-22-20(13-28-32(22)24-15-26-17-35-24)11-21(18)25(12-19-6-4-3-5-7-19)8-9-31(16-25)36(33,34)23-14-27-30(2)29-23/h3-7,10-11,13-15,17H,8-9,12,16H2,1-2H3. The molecule has 6 rings (SSSR count). The summed E-state index contributed by atoms with van der Waals surface area (Å²) in [6, 6.07) is 14.6. The van der Waals surface area contributed by atoms with Crippen LogP contribution in [0.3, 0.4) is 0 Å². The zero-order chi connectivity index (χ0) is 24.9. The molecule has 9 nitrogen and oxygen atoms in total. The van der Waals surface area contributed by atoms with Crippen LogP contribution in [-0.4, -0.2) is 55.6 Å². The minimum absolute atomic E-state index is 0.0153. The van der Waals surface area contributed by atoms with Gasteiger partial charge in [0.15, 0.2) is 0 Å². The Morgan fingerprint density at radius 2 is 1.92 bits per heavy atom. The molecule has 0 amide bonds. The van der Waals surface area contributed by atoms with Gasteiger partial charge in [0, 0.05) is 30.9 Å². The number of fused-ring (bicyclic) bond motifs is 1. The molecule has 0 saturated carbocycles. The van der Waals surface area contributed by atoms with Crippen molar-refractivity contribution < 1.29 is 8.42 Å². The van der Waals surface area contributed by atoms with Gasteiger partial charge in [0.1, 0.15) is 5.00 Å². The Labute approximate surface area is 213 Å². The minimum Gasteiger partial charge on any atom is -0.251 e. The molecule has 1 atom stereocenters. The maximum atomic E-state index is 13.4. The van der Waals surface area contributed by atoms with E-state index in [0.717, 1.165) is 33.5 Å². The lowest BCUT2D eigenvalue weighted by molar-refractivity contribution is 0.412. The third kappa shape index (κ3) is 3.83. The number of rotatable bonds is 6. The van der Waals surface area contributed by atoms with Crippen LogP contribution in [0.5, 0.6) is 0 Å². The number of aryl methyl sites for hydroxylation is 2. The van der Waals surface area contributed by atoms with Gasteiger partial charge in [-0.15, -0.1) is 16.4 Å². The van der Waals surface area contributed by atoms with E-state index in [1.54, 1.807) is 16.9 Å². The van der Waals surface area contributed by atoms with Gasteiger partial charge in [-0.05, 0) is 48.6 Å². The molecule has 5 aromatic rings. The molecule has 1 aliphatic rings. The number of sulfonamides is 1. The Bertz CT molecular complexity index is 1640. The normalized spacial score (nSPS) is 18.8. The van der Waals surface area contributed by atoms with Crippen molar-refractivity contribution in [2.24, 2.45) is 7.05 Å². The molecule has 0 radical (unpaired) electrons. The molecule has 1 unspecified atom stereocenters. The summed E-state index contributed by atoms with van der Waals surface area (Å²) in [7, 11) is -2.13. The van der Waals surface area contributed by atoms with Crippen LogP contribution in [0.1, 0.15) is 23.1 Å². The highest BCUT2D eigenvalue weighted by atomic mass is 32.2. The molecular formula is C25H25N7O2S2. The van der Waals surface area contributed by atoms with Crippen molar-refractivity contribution in [2.75, 3.05) is 13.1 Å². The van der Waals surface area contributed by atoms with Gasteiger partial charge in [0.05, 0.1) is 29.6 Å². The van der Waals surface area contributed by atoms with E-state index in [0.29, 0.717) is 19.5 Å². The van der Waals surface area contributed by atoms with Gasteiger partial charge in [-0.1, -0.05) is 30.3 Å². The second kappa shape index (κ2) is 8.61. The lowest BCUT2D eigenvalue weighted by atomic mass is 9.73. The first-order valence-corrected chi connectivity index (χ1v) is 14.0. The number of thiazole rings is 1. The van der Waals surface area contributed by atoms with E-state index in [-0.39, 0.29) is 10.4 Å². The fourth-order valence-corrected chi connectivity index (χ4v) is 7.31. The number of aromatic nitrogens is 6. The Kier molecular flexibility index (Phi) is 5.51. The Hall–Kier alpha value is -3.41. The summed E-state index contributed by atoms with van der Waals surface area (Å²) in [4.78, 5) is 5.46. The molecule has 36 heavy (non-hydrogen) atoms. The summed E-state index contributed by atoms with van der Waals surface area (Å²) in [5.41, 5.74) is 5.86. The first-order chi connectivity index (χ1) is 17.4. The highest BCUT2D eigenvalue weighted by molar-refractivity contribution is 7.89. The summed E-state index contributed by atoms with van der Waals surface area (Å²) in [5.74, 6) is 0. The third-order valence-electron chi connectivity index (χ3n) is 7.00. The number of hydrogen-bond donors (Lipinski definition) is 0. The van der Waals surface area contributed by atoms with E-state index in [1.165, 1.54) is 27.9 Å². The van der Waals surface area contributed by atoms with Gasteiger partial charge in [-0.2, -0.15) is 19.3 Å². The SMILES string of the molecule is Cc1cc2c(cnn2-c2cncs2)cc1C1(Cc2ccccc2)CCN(S(=O)(=O)c2cnn(C)n2)C1. The second-order valence-electron chi connectivity index (χ2n) is 9.33. The lowest BCUT2D eigenvalue weighted by Gasteiger charge is -2.32. The van der Waals surface area contributed by atoms with E-state index in [9.17, 15) is 8.42 Å². The van der Waals surface area contributed by atoms with Gasteiger partial charge in [-0.25, -0.2) is 13.1 Å². The fourth-order valence-electron chi connectivity index (χ4n) is 5.30. The van der Waals surface area contributed by atoms with Crippen LogP contribution in [0, 0.1) is 6.92 Å². The van der Waals surface area contributed by atoms with Crippen LogP contribution >= 0.6 is 11.3 Å². The van der Waals surface area contributed by atoms with Crippen LogP contribution in [0.2, 0.25) is 0 Å². The van der Waals surface area contributed by atoms with Crippen LogP contribution < -0.4 is 0 Å². The topological polar surface area (TPSA) is 98.8 Å². The molecule has 1 saturated heterocycles. The fraction of sp³-hybridized carbons (Fsp3) is 0.280. The van der Waals surface area contributed by atoms with Gasteiger partial charge >= 0.3 is 0 Å². The molecule has 0 bridgehead atoms. The summed E-state index contributed by atoms with van der Waals surface area (Å²) in [6.07, 6.45) is 6.44. The molecule has 4 heterocycles. The monoisotopic (exact) mass is 519 g/mol. The quantitative estimate of drug-likeness (QED) is 0.341. The van der Waals surface area contributed by atoms with E-state index >= 15 is 0 Å². The van der Waals surface area contributed by atoms with Gasteiger partial charge in [-0.3, -0.25) is 4.98 Å². The van der Waals surface area contributed by atoms with Crippen molar-refractivity contribution in [3.05, 3.63) is 83.3 Å². The van der Waals surface area contributed by atoms with Crippen molar-refractivity contribution in [1.29, 1.82) is 0 Å². The highest BCUT2D eigenvalue weighted by Gasteiger charge is 2.45. The minimum atomic E-state index is -3.75. The van der Waals surface area contributed by atoms with Crippen LogP contribution in [0.15, 0.2) is 71.6 Å². The first-order valence-electron chi connectivity index (χ1n) is 11.6. The van der Waals surface area contributed by atoms with Crippen LogP contribution in [0.4, 0.5) is 0 Å². The molecule has 0 N–H and O–H groups in total. The molecule has 1 fully saturated rings. The van der Waals surface area contributed by atoms with Crippen molar-refractivity contribution in [1.82, 2.24) is 34.1 Å². The first kappa shape index (κ1) is 23.0. The molecule has 0 aliphatic carbocycles. The zero-order valence-corrected chi connectivity index (χ0v) is 21.6. The number of hydrogen-bond acceptors (Lipinski definition) is 7. The average molecular weight is 520 g/mol. The molecule has 3 aromatic heterocycles. The van der Waals surface area contributed by atoms with E-state index < -0.39 is 10.0 Å². The smallest absolute Gasteiger partial charge is 0.251 e. The van der Waals surface area contributed by atoms with Crippen molar-refractivity contribution in [2.45, 2.75) is 30.2 Å². The summed E-state index contributed by atoms with van der Waals surface area (Å²) in [5, 5.41) is 14.6. The summed E-state index contributed by atoms with van der Waals surface area (Å²) in [6.45, 7) is 2.89. The summed E-state index contributed by atoms with van der Waals surface area (Å²) >= 11 is 1.54. The van der Waals surface area contributed by atoms with Gasteiger partial charge < -0.3 is 0 Å². The lowest BCUT2D eigenvalue weighted by Crippen LogP contribution is -2.36. The largest absolute Gasteiger partial charge is 0.264 e. The van der Waals surface area contributed by atoms with Crippen molar-refractivity contribution in [3.8, 4) is 5.00 Å². The predicted molar refractivity (Wildman–Crippen MR) is 138 cm³/mol. The van der Waals surface area contributed by atoms with E-state index in [2.05, 4.69) is 51.5 Å².